The van der Waals surface area contributed by atoms with Crippen LogP contribution in [0.1, 0.15) is 24.1 Å². The molecule has 0 amide bonds. The molecule has 2 aliphatic rings. The van der Waals surface area contributed by atoms with Gasteiger partial charge in [-0.15, -0.1) is 0 Å². The van der Waals surface area contributed by atoms with E-state index in [4.69, 9.17) is 0 Å². The number of aliphatic imine (C=N–C) groups is 1. The third-order valence-corrected chi connectivity index (χ3v) is 4.06. The Kier molecular flexibility index (Phi) is 3.01. The van der Waals surface area contributed by atoms with Crippen LogP contribution in [0.4, 0.5) is 10.1 Å². The van der Waals surface area contributed by atoms with Crippen LogP contribution in [0, 0.1) is 5.82 Å². The highest BCUT2D eigenvalue weighted by atomic mass is 19.1. The summed E-state index contributed by atoms with van der Waals surface area (Å²) < 4.78 is 15.9. The van der Waals surface area contributed by atoms with Crippen molar-refractivity contribution < 1.29 is 9.50 Å². The van der Waals surface area contributed by atoms with Gasteiger partial charge in [0.05, 0.1) is 12.1 Å². The number of hydrogen-bond donors (Lipinski definition) is 1. The molecule has 0 fully saturated rings. The molecule has 0 bridgehead atoms. The summed E-state index contributed by atoms with van der Waals surface area (Å²) >= 11 is 0. The van der Waals surface area contributed by atoms with E-state index < -0.39 is 6.10 Å². The van der Waals surface area contributed by atoms with Crippen LogP contribution in [-0.4, -0.2) is 16.0 Å². The fourth-order valence-electron chi connectivity index (χ4n) is 3.02. The van der Waals surface area contributed by atoms with Crippen LogP contribution >= 0.6 is 0 Å². The lowest BCUT2D eigenvalue weighted by Gasteiger charge is -2.21. The summed E-state index contributed by atoms with van der Waals surface area (Å²) in [6, 6.07) is 8.22. The molecule has 110 valence electrons. The zero-order valence-electron chi connectivity index (χ0n) is 11.7. The van der Waals surface area contributed by atoms with Gasteiger partial charge in [0.2, 0.25) is 0 Å². The number of aliphatic hydroxyl groups excluding tert-OH is 1. The van der Waals surface area contributed by atoms with Crippen molar-refractivity contribution in [1.29, 1.82) is 0 Å². The number of halogens is 1. The average molecular weight is 295 g/mol. The molecular formula is C17H14FN3O. The summed E-state index contributed by atoms with van der Waals surface area (Å²) in [6.45, 7) is 0. The van der Waals surface area contributed by atoms with Gasteiger partial charge in [0.25, 0.3) is 0 Å². The Morgan fingerprint density at radius 3 is 3.05 bits per heavy atom. The predicted octanol–water partition coefficient (Wildman–Crippen LogP) is 1.94. The Labute approximate surface area is 126 Å². The zero-order valence-corrected chi connectivity index (χ0v) is 11.7. The minimum Gasteiger partial charge on any atom is -0.388 e. The number of allylic oxidation sites excluding steroid dienone is 2. The first kappa shape index (κ1) is 13.2. The van der Waals surface area contributed by atoms with Crippen LogP contribution in [0.25, 0.3) is 6.08 Å². The Morgan fingerprint density at radius 1 is 1.32 bits per heavy atom. The lowest BCUT2D eigenvalue weighted by atomic mass is 10.00. The van der Waals surface area contributed by atoms with Gasteiger partial charge >= 0.3 is 0 Å². The van der Waals surface area contributed by atoms with Gasteiger partial charge in [0.1, 0.15) is 17.8 Å². The van der Waals surface area contributed by atoms with Crippen LogP contribution in [0.15, 0.2) is 52.5 Å². The van der Waals surface area contributed by atoms with E-state index in [2.05, 4.69) is 9.98 Å². The second-order valence-electron chi connectivity index (χ2n) is 5.41. The average Bonchev–Trinajstić information content (AvgIpc) is 3.08. The maximum absolute atomic E-state index is 13.8. The second-order valence-corrected chi connectivity index (χ2v) is 5.41. The van der Waals surface area contributed by atoms with Gasteiger partial charge in [0, 0.05) is 17.3 Å². The van der Waals surface area contributed by atoms with E-state index in [1.807, 2.05) is 28.9 Å². The molecular weight excluding hydrogens is 281 g/mol. The van der Waals surface area contributed by atoms with E-state index in [0.717, 1.165) is 16.5 Å². The molecule has 1 aromatic heterocycles. The summed E-state index contributed by atoms with van der Waals surface area (Å²) in [5.74, 6) is -0.382. The summed E-state index contributed by atoms with van der Waals surface area (Å²) in [6.07, 6.45) is 6.96. The standard InChI is InChI=1S/C17H14FN3O/c18-14-7-2-1-6-13(14)16(22)9-12-5-3-4-11-8-15-17(21(11)12)20-10-19-15/h1-8,10,12,16,22H,9H2. The lowest BCUT2D eigenvalue weighted by molar-refractivity contribution is 0.148. The summed E-state index contributed by atoms with van der Waals surface area (Å²) in [5, 5.41) is 11.4. The van der Waals surface area contributed by atoms with Gasteiger partial charge in [-0.25, -0.2) is 14.4 Å². The van der Waals surface area contributed by atoms with Crippen molar-refractivity contribution in [3.63, 3.8) is 0 Å². The Bertz CT molecular complexity index is 910. The largest absolute Gasteiger partial charge is 0.388 e. The molecule has 2 aromatic rings. The van der Waals surface area contributed by atoms with E-state index in [1.54, 1.807) is 18.2 Å². The molecule has 2 aliphatic heterocycles. The predicted molar refractivity (Wildman–Crippen MR) is 82.0 cm³/mol. The first-order valence-corrected chi connectivity index (χ1v) is 7.16. The third kappa shape index (κ3) is 2.02. The normalized spacial score (nSPS) is 19.3. The highest BCUT2D eigenvalue weighted by Gasteiger charge is 2.22. The van der Waals surface area contributed by atoms with E-state index >= 15 is 0 Å². The first-order valence-electron chi connectivity index (χ1n) is 7.16. The monoisotopic (exact) mass is 295 g/mol. The van der Waals surface area contributed by atoms with Gasteiger partial charge in [-0.2, -0.15) is 0 Å². The molecule has 5 heteroatoms. The molecule has 22 heavy (non-hydrogen) atoms. The highest BCUT2D eigenvalue weighted by molar-refractivity contribution is 5.66. The third-order valence-electron chi connectivity index (χ3n) is 4.06. The minimum atomic E-state index is -0.873. The first-order chi connectivity index (χ1) is 10.7. The van der Waals surface area contributed by atoms with Crippen molar-refractivity contribution in [2.45, 2.75) is 18.6 Å². The van der Waals surface area contributed by atoms with Crippen molar-refractivity contribution in [3.8, 4) is 0 Å². The fraction of sp³-hybridized carbons (Fsp3) is 0.176. The molecule has 0 radical (unpaired) electrons. The Balaban J connectivity index is 1.69. The van der Waals surface area contributed by atoms with Crippen molar-refractivity contribution in [1.82, 2.24) is 4.57 Å². The summed E-state index contributed by atoms with van der Waals surface area (Å²) in [7, 11) is 0. The topological polar surface area (TPSA) is 49.9 Å². The number of aliphatic hydroxyl groups is 1. The molecule has 1 N–H and O–H groups in total. The van der Waals surface area contributed by atoms with Crippen molar-refractivity contribution >= 4 is 18.1 Å². The van der Waals surface area contributed by atoms with Crippen molar-refractivity contribution in [2.24, 2.45) is 9.98 Å². The van der Waals surface area contributed by atoms with E-state index in [0.29, 0.717) is 12.0 Å². The molecule has 4 rings (SSSR count). The van der Waals surface area contributed by atoms with Crippen LogP contribution < -0.4 is 10.8 Å². The molecule has 2 atom stereocenters. The Hall–Kier alpha value is -2.53. The van der Waals surface area contributed by atoms with Crippen LogP contribution in [-0.2, 0) is 0 Å². The molecule has 0 saturated carbocycles. The molecule has 0 spiro atoms. The van der Waals surface area contributed by atoms with Gasteiger partial charge in [-0.1, -0.05) is 30.4 Å². The van der Waals surface area contributed by atoms with Crippen LogP contribution in [0.5, 0.6) is 0 Å². The van der Waals surface area contributed by atoms with Crippen LogP contribution in [0.2, 0.25) is 0 Å². The van der Waals surface area contributed by atoms with Gasteiger partial charge < -0.3 is 9.67 Å². The van der Waals surface area contributed by atoms with E-state index in [1.165, 1.54) is 12.4 Å². The summed E-state index contributed by atoms with van der Waals surface area (Å²) in [4.78, 5) is 8.49. The lowest BCUT2D eigenvalue weighted by Crippen LogP contribution is -2.32. The number of hydrogen-bond acceptors (Lipinski definition) is 3. The maximum atomic E-state index is 13.8. The number of benzene rings is 1. The van der Waals surface area contributed by atoms with Gasteiger partial charge in [-0.05, 0) is 18.2 Å². The molecule has 0 saturated heterocycles. The minimum absolute atomic E-state index is 0.0798. The highest BCUT2D eigenvalue weighted by Crippen LogP contribution is 2.27. The smallest absolute Gasteiger partial charge is 0.161 e. The zero-order chi connectivity index (χ0) is 15.1. The van der Waals surface area contributed by atoms with Crippen molar-refractivity contribution in [2.75, 3.05) is 0 Å². The number of fused-ring (bicyclic) bond motifs is 3. The Morgan fingerprint density at radius 2 is 2.18 bits per heavy atom. The van der Waals surface area contributed by atoms with E-state index in [-0.39, 0.29) is 11.9 Å². The SMILES string of the molecule is OC(CC1C=CC=c2cc3c(n21)=NC=N3)c1ccccc1F. The van der Waals surface area contributed by atoms with E-state index in [9.17, 15) is 9.50 Å². The fourth-order valence-corrected chi connectivity index (χ4v) is 3.02. The van der Waals surface area contributed by atoms with Crippen LogP contribution in [0.3, 0.4) is 0 Å². The second kappa shape index (κ2) is 5.03. The molecule has 1 aromatic carbocycles. The maximum Gasteiger partial charge on any atom is 0.161 e. The molecule has 4 nitrogen and oxygen atoms in total. The summed E-state index contributed by atoms with van der Waals surface area (Å²) in [5.41, 5.74) is 1.95. The van der Waals surface area contributed by atoms with Crippen molar-refractivity contribution in [3.05, 3.63) is 64.7 Å². The van der Waals surface area contributed by atoms with Gasteiger partial charge in [0.15, 0.2) is 5.49 Å². The molecule has 3 heterocycles. The quantitative estimate of drug-likeness (QED) is 0.924. The number of nitrogens with zero attached hydrogens (tertiary/aromatic N) is 3. The van der Waals surface area contributed by atoms with Gasteiger partial charge in [-0.3, -0.25) is 0 Å². The number of rotatable bonds is 3. The molecule has 0 aliphatic carbocycles. The molecule has 2 unspecified atom stereocenters. The number of aromatic nitrogens is 1.